The van der Waals surface area contributed by atoms with Crippen molar-refractivity contribution >= 4 is 28.9 Å². The lowest BCUT2D eigenvalue weighted by molar-refractivity contribution is -0.165. The van der Waals surface area contributed by atoms with E-state index in [1.165, 1.54) is 44.2 Å². The second-order valence-electron chi connectivity index (χ2n) is 10.5. The number of hydrogen-bond acceptors (Lipinski definition) is 7. The lowest BCUT2D eigenvalue weighted by Gasteiger charge is -2.38. The van der Waals surface area contributed by atoms with Crippen molar-refractivity contribution in [3.8, 4) is 0 Å². The van der Waals surface area contributed by atoms with E-state index >= 15 is 0 Å². The summed E-state index contributed by atoms with van der Waals surface area (Å²) in [5.74, 6) is -2.40. The summed E-state index contributed by atoms with van der Waals surface area (Å²) in [5.41, 5.74) is 1.42. The Labute approximate surface area is 235 Å². The van der Waals surface area contributed by atoms with Crippen molar-refractivity contribution in [3.05, 3.63) is 41.9 Å². The molecule has 0 aliphatic carbocycles. The van der Waals surface area contributed by atoms with Gasteiger partial charge in [-0.25, -0.2) is 14.0 Å². The van der Waals surface area contributed by atoms with E-state index in [-0.39, 0.29) is 29.9 Å². The molecule has 2 heterocycles. The molecule has 1 fully saturated rings. The van der Waals surface area contributed by atoms with Crippen LogP contribution in [0.5, 0.6) is 0 Å². The predicted octanol–water partition coefficient (Wildman–Crippen LogP) is 6.52. The topological polar surface area (TPSA) is 130 Å². The van der Waals surface area contributed by atoms with Crippen LogP contribution >= 0.6 is 0 Å². The second-order valence-corrected chi connectivity index (χ2v) is 10.5. The average Bonchev–Trinajstić information content (AvgIpc) is 3.33. The molecular weight excluding hydrogens is 519 g/mol. The maximum absolute atomic E-state index is 13.4. The van der Waals surface area contributed by atoms with Crippen LogP contribution in [0.1, 0.15) is 96.6 Å². The number of carbonyl (C=O) groups is 3. The van der Waals surface area contributed by atoms with Crippen molar-refractivity contribution < 1.29 is 38.2 Å². The Bertz CT molecular complexity index is 1090. The highest BCUT2D eigenvalue weighted by atomic mass is 19.1. The molecule has 40 heavy (non-hydrogen) atoms. The van der Waals surface area contributed by atoms with E-state index in [1.54, 1.807) is 6.07 Å². The predicted molar refractivity (Wildman–Crippen MR) is 149 cm³/mol. The molecule has 1 saturated heterocycles. The van der Waals surface area contributed by atoms with Crippen molar-refractivity contribution in [2.45, 2.75) is 97.1 Å². The Morgan fingerprint density at radius 1 is 1.05 bits per heavy atom. The van der Waals surface area contributed by atoms with Gasteiger partial charge in [-0.15, -0.1) is 0 Å². The van der Waals surface area contributed by atoms with Gasteiger partial charge in [-0.3, -0.25) is 9.69 Å². The minimum absolute atomic E-state index is 0.0797. The number of benzene rings is 1. The molecule has 3 rings (SSSR count). The Morgan fingerprint density at radius 2 is 1.65 bits per heavy atom. The molecule has 0 radical (unpaired) electrons. The van der Waals surface area contributed by atoms with Gasteiger partial charge in [-0.05, 0) is 31.4 Å². The highest BCUT2D eigenvalue weighted by Gasteiger charge is 2.31. The summed E-state index contributed by atoms with van der Waals surface area (Å²) in [6.07, 6.45) is 11.6. The first-order valence-electron chi connectivity index (χ1n) is 14.2. The number of rotatable bonds is 14. The van der Waals surface area contributed by atoms with E-state index in [0.717, 1.165) is 49.9 Å². The third-order valence-corrected chi connectivity index (χ3v) is 6.91. The summed E-state index contributed by atoms with van der Waals surface area (Å²) in [5, 5.41) is 20.8. The highest BCUT2D eigenvalue weighted by Crippen LogP contribution is 2.34. The number of fused-ring (bicyclic) bond motifs is 1. The monoisotopic (exact) mass is 562 g/mol. The van der Waals surface area contributed by atoms with Gasteiger partial charge in [0.25, 0.3) is 0 Å². The van der Waals surface area contributed by atoms with Gasteiger partial charge in [0.15, 0.2) is 11.8 Å². The number of carbonyl (C=O) groups excluding carboxylic acids is 1. The summed E-state index contributed by atoms with van der Waals surface area (Å²) in [4.78, 5) is 33.8. The first-order chi connectivity index (χ1) is 19.1. The summed E-state index contributed by atoms with van der Waals surface area (Å²) >= 11 is 0. The maximum Gasteiger partial charge on any atom is 0.328 e. The molecule has 0 saturated carbocycles. The zero-order chi connectivity index (χ0) is 29.5. The van der Waals surface area contributed by atoms with Gasteiger partial charge in [0.1, 0.15) is 5.82 Å². The Kier molecular flexibility index (Phi) is 14.4. The third kappa shape index (κ3) is 11.5. The van der Waals surface area contributed by atoms with Gasteiger partial charge >= 0.3 is 17.9 Å². The number of likely N-dealkylation sites (tertiary alicyclic amines) is 1. The zero-order valence-electron chi connectivity index (χ0n) is 23.8. The van der Waals surface area contributed by atoms with E-state index in [1.807, 2.05) is 0 Å². The summed E-state index contributed by atoms with van der Waals surface area (Å²) in [6.45, 7) is 8.12. The lowest BCUT2D eigenvalue weighted by Crippen LogP contribution is -2.46. The van der Waals surface area contributed by atoms with Crippen molar-refractivity contribution in [1.82, 2.24) is 10.1 Å². The van der Waals surface area contributed by atoms with E-state index in [2.05, 4.69) is 30.8 Å². The number of aromatic nitrogens is 1. The molecule has 1 unspecified atom stereocenters. The third-order valence-electron chi connectivity index (χ3n) is 6.91. The normalized spacial score (nSPS) is 15.2. The lowest BCUT2D eigenvalue weighted by atomic mass is 9.91. The molecule has 0 spiro atoms. The van der Waals surface area contributed by atoms with E-state index in [0.29, 0.717) is 24.2 Å². The highest BCUT2D eigenvalue weighted by molar-refractivity contribution is 5.89. The fourth-order valence-electron chi connectivity index (χ4n) is 4.85. The number of unbranched alkanes of at least 4 members (excludes halogenated alkanes) is 6. The van der Waals surface area contributed by atoms with Crippen LogP contribution in [-0.4, -0.2) is 57.5 Å². The van der Waals surface area contributed by atoms with Crippen LogP contribution in [0.2, 0.25) is 0 Å². The number of piperidine rings is 1. The molecule has 2 aromatic rings. The van der Waals surface area contributed by atoms with Gasteiger partial charge in [-0.1, -0.05) is 64.5 Å². The first kappa shape index (κ1) is 32.9. The van der Waals surface area contributed by atoms with Crippen LogP contribution in [0.25, 0.3) is 11.0 Å². The first-order valence-corrected chi connectivity index (χ1v) is 14.2. The number of nitrogens with zero attached hydrogens (tertiary/aromatic N) is 2. The second kappa shape index (κ2) is 17.4. The fourth-order valence-corrected chi connectivity index (χ4v) is 4.85. The fraction of sp³-hybridized carbons (Fsp3) is 0.600. The van der Waals surface area contributed by atoms with E-state index < -0.39 is 11.9 Å². The molecule has 1 atom stereocenters. The van der Waals surface area contributed by atoms with E-state index in [4.69, 9.17) is 19.5 Å². The summed E-state index contributed by atoms with van der Waals surface area (Å²) in [6, 6.07) is 4.60. The molecule has 1 aromatic heterocycles. The molecule has 1 aliphatic rings. The molecule has 1 aliphatic heterocycles. The molecule has 0 amide bonds. The van der Waals surface area contributed by atoms with Crippen LogP contribution in [-0.2, 0) is 19.1 Å². The number of aliphatic carboxylic acids is 2. The molecule has 10 heteroatoms. The molecule has 2 N–H and O–H groups in total. The summed E-state index contributed by atoms with van der Waals surface area (Å²) < 4.78 is 24.7. The van der Waals surface area contributed by atoms with Crippen LogP contribution in [0.15, 0.2) is 34.9 Å². The quantitative estimate of drug-likeness (QED) is 0.150. The molecule has 9 nitrogen and oxygen atoms in total. The Morgan fingerprint density at radius 3 is 2.23 bits per heavy atom. The van der Waals surface area contributed by atoms with Crippen molar-refractivity contribution in [2.24, 2.45) is 5.92 Å². The Balaban J connectivity index is 0.000000611. The number of hydrogen-bond donors (Lipinski definition) is 2. The van der Waals surface area contributed by atoms with Gasteiger partial charge < -0.3 is 19.5 Å². The largest absolute Gasteiger partial charge is 0.478 e. The van der Waals surface area contributed by atoms with Crippen molar-refractivity contribution in [2.75, 3.05) is 13.1 Å². The van der Waals surface area contributed by atoms with Crippen molar-refractivity contribution in [1.29, 1.82) is 0 Å². The Hall–Kier alpha value is -3.27. The van der Waals surface area contributed by atoms with E-state index in [9.17, 15) is 18.8 Å². The number of carboxylic acids is 2. The van der Waals surface area contributed by atoms with Crippen LogP contribution in [0.3, 0.4) is 0 Å². The van der Waals surface area contributed by atoms with Gasteiger partial charge in [0, 0.05) is 55.0 Å². The van der Waals surface area contributed by atoms with Crippen LogP contribution in [0, 0.1) is 11.7 Å². The molecule has 1 aromatic carbocycles. The van der Waals surface area contributed by atoms with Gasteiger partial charge in [-0.2, -0.15) is 0 Å². The standard InChI is InChI=1S/C26H39FN2O3.C4H4O4/c1-4-5-6-7-8-9-10-11-24(30)31-26(19(2)3)29-16-14-20(15-17-29)25-22-13-12-21(27)18-23(22)32-28-25;5-3(6)1-2-4(7)8/h12-13,18-20,26H,4-11,14-17H2,1-3H3;1-2H,(H,5,6)(H,7,8). The minimum atomic E-state index is -1.26. The van der Waals surface area contributed by atoms with Crippen LogP contribution < -0.4 is 0 Å². The number of halogens is 1. The number of carboxylic acid groups (broad SMARTS) is 2. The molecule has 0 bridgehead atoms. The number of esters is 1. The SMILES string of the molecule is CCCCCCCCCC(=O)OC(C(C)C)N1CCC(c2noc3cc(F)ccc23)CC1.O=C(O)C=CC(=O)O. The average molecular weight is 563 g/mol. The number of ether oxygens (including phenoxy) is 1. The van der Waals surface area contributed by atoms with Crippen molar-refractivity contribution in [3.63, 3.8) is 0 Å². The smallest absolute Gasteiger partial charge is 0.328 e. The van der Waals surface area contributed by atoms with Crippen LogP contribution in [0.4, 0.5) is 4.39 Å². The summed E-state index contributed by atoms with van der Waals surface area (Å²) in [7, 11) is 0. The van der Waals surface area contributed by atoms with Gasteiger partial charge in [0.2, 0.25) is 0 Å². The van der Waals surface area contributed by atoms with Gasteiger partial charge in [0.05, 0.1) is 5.69 Å². The molecule has 222 valence electrons. The molecular formula is C30H43FN2O7. The minimum Gasteiger partial charge on any atom is -0.478 e. The zero-order valence-corrected chi connectivity index (χ0v) is 23.8. The maximum atomic E-state index is 13.4.